The number of morpholine rings is 1. The molecule has 0 spiro atoms. The van der Waals surface area contributed by atoms with Crippen molar-refractivity contribution >= 4 is 17.7 Å². The van der Waals surface area contributed by atoms with Gasteiger partial charge in [0.2, 0.25) is 0 Å². The van der Waals surface area contributed by atoms with Crippen LogP contribution < -0.4 is 0 Å². The summed E-state index contributed by atoms with van der Waals surface area (Å²) in [4.78, 5) is 16.7. The van der Waals surface area contributed by atoms with E-state index >= 15 is 0 Å². The molecule has 2 heterocycles. The highest BCUT2D eigenvalue weighted by molar-refractivity contribution is 8.03. The molecule has 0 radical (unpaired) electrons. The monoisotopic (exact) mass is 418 g/mol. The molecule has 6 nitrogen and oxygen atoms in total. The number of thioether (sulfide) groups is 1. The van der Waals surface area contributed by atoms with Gasteiger partial charge in [0.1, 0.15) is 6.17 Å². The highest BCUT2D eigenvalue weighted by Gasteiger charge is 2.34. The Kier molecular flexibility index (Phi) is 7.77. The maximum atomic E-state index is 12.1. The molecule has 1 aromatic rings. The molecule has 3 rings (SSSR count). The summed E-state index contributed by atoms with van der Waals surface area (Å²) in [6.45, 7) is 8.29. The van der Waals surface area contributed by atoms with E-state index in [-0.39, 0.29) is 6.17 Å². The van der Waals surface area contributed by atoms with Crippen molar-refractivity contribution in [3.8, 4) is 0 Å². The van der Waals surface area contributed by atoms with Gasteiger partial charge in [0.25, 0.3) is 0 Å². The van der Waals surface area contributed by atoms with Crippen molar-refractivity contribution in [2.24, 2.45) is 0 Å². The average Bonchev–Trinajstić information content (AvgIpc) is 2.72. The number of nitrogens with zero attached hydrogens (tertiary/aromatic N) is 2. The van der Waals surface area contributed by atoms with Crippen LogP contribution in [0.3, 0.4) is 0 Å². The van der Waals surface area contributed by atoms with Gasteiger partial charge in [-0.05, 0) is 35.5 Å². The molecule has 1 aromatic carbocycles. The molecule has 1 saturated heterocycles. The van der Waals surface area contributed by atoms with Crippen LogP contribution in [0, 0.1) is 0 Å². The number of carboxylic acids is 1. The van der Waals surface area contributed by atoms with Crippen molar-refractivity contribution in [3.05, 3.63) is 57.6 Å². The number of aliphatic carboxylic acids is 1. The van der Waals surface area contributed by atoms with Gasteiger partial charge in [-0.3, -0.25) is 4.90 Å². The Labute approximate surface area is 177 Å². The molecule has 1 fully saturated rings. The minimum Gasteiger partial charge on any atom is -0.478 e. The number of hydrogen-bond donors (Lipinski definition) is 1. The fourth-order valence-corrected chi connectivity index (χ4v) is 4.80. The van der Waals surface area contributed by atoms with Crippen LogP contribution in [0.5, 0.6) is 0 Å². The van der Waals surface area contributed by atoms with Gasteiger partial charge in [-0.25, -0.2) is 4.79 Å². The molecule has 0 saturated carbocycles. The van der Waals surface area contributed by atoms with Gasteiger partial charge in [-0.2, -0.15) is 0 Å². The molecule has 158 valence electrons. The van der Waals surface area contributed by atoms with E-state index in [1.54, 1.807) is 18.9 Å². The van der Waals surface area contributed by atoms with Crippen molar-refractivity contribution in [1.29, 1.82) is 0 Å². The van der Waals surface area contributed by atoms with Crippen molar-refractivity contribution < 1.29 is 19.4 Å². The smallest absolute Gasteiger partial charge is 0.338 e. The van der Waals surface area contributed by atoms with Gasteiger partial charge in [-0.1, -0.05) is 31.2 Å². The topological polar surface area (TPSA) is 62.2 Å². The molecule has 0 bridgehead atoms. The first-order chi connectivity index (χ1) is 14.0. The molecule has 1 unspecified atom stereocenters. The SMILES string of the molecule is CCSC1=C(C(=O)O)C(C)=CC(N2CCOCC2)N1Cc1ccc(COC)cc1. The molecule has 0 aliphatic carbocycles. The molecular weight excluding hydrogens is 388 g/mol. The molecule has 29 heavy (non-hydrogen) atoms. The highest BCUT2D eigenvalue weighted by Crippen LogP contribution is 2.37. The zero-order valence-corrected chi connectivity index (χ0v) is 18.2. The van der Waals surface area contributed by atoms with Crippen molar-refractivity contribution in [2.45, 2.75) is 33.2 Å². The number of hydrogen-bond acceptors (Lipinski definition) is 6. The van der Waals surface area contributed by atoms with Gasteiger partial charge >= 0.3 is 5.97 Å². The molecule has 7 heteroatoms. The minimum absolute atomic E-state index is 0.0229. The first-order valence-corrected chi connectivity index (χ1v) is 11.0. The van der Waals surface area contributed by atoms with E-state index in [2.05, 4.69) is 47.1 Å². The summed E-state index contributed by atoms with van der Waals surface area (Å²) in [5, 5.41) is 10.7. The van der Waals surface area contributed by atoms with E-state index in [9.17, 15) is 9.90 Å². The molecule has 1 atom stereocenters. The lowest BCUT2D eigenvalue weighted by Crippen LogP contribution is -2.52. The molecule has 0 aromatic heterocycles. The van der Waals surface area contributed by atoms with Crippen LogP contribution in [0.4, 0.5) is 0 Å². The highest BCUT2D eigenvalue weighted by atomic mass is 32.2. The third-order valence-corrected chi connectivity index (χ3v) is 6.19. The molecule has 2 aliphatic heterocycles. The Morgan fingerprint density at radius 2 is 1.90 bits per heavy atom. The minimum atomic E-state index is -0.865. The summed E-state index contributed by atoms with van der Waals surface area (Å²) in [5.74, 6) is -0.0473. The molecular formula is C22H30N2O4S. The van der Waals surface area contributed by atoms with Crippen LogP contribution >= 0.6 is 11.8 Å². The van der Waals surface area contributed by atoms with Crippen LogP contribution in [-0.2, 0) is 27.4 Å². The first-order valence-electron chi connectivity index (χ1n) is 9.99. The summed E-state index contributed by atoms with van der Waals surface area (Å²) in [5.41, 5.74) is 3.52. The lowest BCUT2D eigenvalue weighted by atomic mass is 10.0. The fourth-order valence-electron chi connectivity index (χ4n) is 3.80. The Balaban J connectivity index is 1.96. The number of rotatable bonds is 8. The first kappa shape index (κ1) is 21.9. The van der Waals surface area contributed by atoms with E-state index in [1.807, 2.05) is 6.92 Å². The molecule has 0 amide bonds. The lowest BCUT2D eigenvalue weighted by Gasteiger charge is -2.44. The zero-order chi connectivity index (χ0) is 20.8. The summed E-state index contributed by atoms with van der Waals surface area (Å²) in [7, 11) is 1.69. The van der Waals surface area contributed by atoms with Crippen molar-refractivity contribution in [2.75, 3.05) is 39.2 Å². The summed E-state index contributed by atoms with van der Waals surface area (Å²) >= 11 is 1.60. The molecule has 2 aliphatic rings. The predicted molar refractivity (Wildman–Crippen MR) is 115 cm³/mol. The second kappa shape index (κ2) is 10.3. The number of ether oxygens (including phenoxy) is 2. The maximum Gasteiger partial charge on any atom is 0.338 e. The van der Waals surface area contributed by atoms with Gasteiger partial charge < -0.3 is 19.5 Å². The van der Waals surface area contributed by atoms with E-state index in [4.69, 9.17) is 9.47 Å². The Morgan fingerprint density at radius 3 is 2.48 bits per heavy atom. The van der Waals surface area contributed by atoms with Gasteiger partial charge in [0.15, 0.2) is 0 Å². The van der Waals surface area contributed by atoms with E-state index in [0.29, 0.717) is 31.9 Å². The quantitative estimate of drug-likeness (QED) is 0.695. The van der Waals surface area contributed by atoms with E-state index in [0.717, 1.165) is 40.6 Å². The van der Waals surface area contributed by atoms with Crippen LogP contribution in [0.15, 0.2) is 46.5 Å². The summed E-state index contributed by atoms with van der Waals surface area (Å²) in [6, 6.07) is 8.35. The van der Waals surface area contributed by atoms with E-state index < -0.39 is 5.97 Å². The van der Waals surface area contributed by atoms with Crippen LogP contribution in [0.2, 0.25) is 0 Å². The zero-order valence-electron chi connectivity index (χ0n) is 17.4. The van der Waals surface area contributed by atoms with Crippen LogP contribution in [0.1, 0.15) is 25.0 Å². The number of methoxy groups -OCH3 is 1. The van der Waals surface area contributed by atoms with Crippen LogP contribution in [-0.4, -0.2) is 66.2 Å². The predicted octanol–water partition coefficient (Wildman–Crippen LogP) is 3.30. The number of benzene rings is 1. The third kappa shape index (κ3) is 5.22. The lowest BCUT2D eigenvalue weighted by molar-refractivity contribution is -0.132. The number of carbonyl (C=O) groups is 1. The Bertz CT molecular complexity index is 770. The van der Waals surface area contributed by atoms with Gasteiger partial charge in [0, 0.05) is 26.7 Å². The van der Waals surface area contributed by atoms with Crippen molar-refractivity contribution in [1.82, 2.24) is 9.80 Å². The maximum absolute atomic E-state index is 12.1. The fraction of sp³-hybridized carbons (Fsp3) is 0.500. The normalized spacial score (nSPS) is 20.7. The largest absolute Gasteiger partial charge is 0.478 e. The number of carboxylic acid groups (broad SMARTS) is 1. The Hall–Kier alpha value is -1.80. The van der Waals surface area contributed by atoms with E-state index in [1.165, 1.54) is 0 Å². The Morgan fingerprint density at radius 1 is 1.24 bits per heavy atom. The second-order valence-electron chi connectivity index (χ2n) is 7.21. The standard InChI is InChI=1S/C22H30N2O4S/c1-4-29-21-20(22(25)26)16(2)13-19(23-9-11-28-12-10-23)24(21)14-17-5-7-18(8-6-17)15-27-3/h5-8,13,19H,4,9-12,14-15H2,1-3H3,(H,25,26). The van der Waals surface area contributed by atoms with Gasteiger partial charge in [0.05, 0.1) is 30.4 Å². The van der Waals surface area contributed by atoms with Crippen molar-refractivity contribution in [3.63, 3.8) is 0 Å². The third-order valence-electron chi connectivity index (χ3n) is 5.19. The average molecular weight is 419 g/mol. The summed E-state index contributed by atoms with van der Waals surface area (Å²) in [6.07, 6.45) is 2.11. The van der Waals surface area contributed by atoms with Crippen LogP contribution in [0.25, 0.3) is 0 Å². The second-order valence-corrected chi connectivity index (χ2v) is 8.46. The van der Waals surface area contributed by atoms with Gasteiger partial charge in [-0.15, -0.1) is 11.8 Å². The molecule has 1 N–H and O–H groups in total. The summed E-state index contributed by atoms with van der Waals surface area (Å²) < 4.78 is 10.7.